The van der Waals surface area contributed by atoms with Crippen LogP contribution in [0.4, 0.5) is 0 Å². The number of nitrogens with one attached hydrogen (secondary N) is 1. The van der Waals surface area contributed by atoms with Crippen LogP contribution in [0.15, 0.2) is 0 Å². The molecule has 0 aromatic carbocycles. The van der Waals surface area contributed by atoms with Gasteiger partial charge in [-0.1, -0.05) is 0 Å². The van der Waals surface area contributed by atoms with E-state index >= 15 is 0 Å². The second-order valence-electron chi connectivity index (χ2n) is 3.82. The summed E-state index contributed by atoms with van der Waals surface area (Å²) < 4.78 is 5.40. The summed E-state index contributed by atoms with van der Waals surface area (Å²) in [7, 11) is 0. The molecule has 2 fully saturated rings. The maximum absolute atomic E-state index is 8.98. The fraction of sp³-hybridized carbons (Fsp3) is 1.00. The van der Waals surface area contributed by atoms with Crippen LogP contribution in [0.2, 0.25) is 0 Å². The Morgan fingerprint density at radius 3 is 3.15 bits per heavy atom. The number of hydrogen-bond donors (Lipinski definition) is 2. The van der Waals surface area contributed by atoms with E-state index in [1.165, 1.54) is 6.42 Å². The van der Waals surface area contributed by atoms with Gasteiger partial charge in [-0.3, -0.25) is 4.90 Å². The average Bonchev–Trinajstić information content (AvgIpc) is 2.71. The van der Waals surface area contributed by atoms with Crippen LogP contribution < -0.4 is 5.32 Å². The molecule has 0 spiro atoms. The Balaban J connectivity index is 1.84. The van der Waals surface area contributed by atoms with Crippen LogP contribution in [0.1, 0.15) is 6.42 Å². The molecule has 0 aromatic heterocycles. The first-order chi connectivity index (χ1) is 6.40. The number of ether oxygens (including phenoxy) is 1. The third kappa shape index (κ3) is 2.20. The maximum Gasteiger partial charge on any atom is 0.0932 e. The van der Waals surface area contributed by atoms with Gasteiger partial charge in [-0.25, -0.2) is 0 Å². The van der Waals surface area contributed by atoms with Crippen molar-refractivity contribution >= 4 is 0 Å². The first-order valence-corrected chi connectivity index (χ1v) is 5.07. The normalized spacial score (nSPS) is 36.7. The Hall–Kier alpha value is -0.160. The van der Waals surface area contributed by atoms with Gasteiger partial charge in [0.25, 0.3) is 0 Å². The van der Waals surface area contributed by atoms with Gasteiger partial charge >= 0.3 is 0 Å². The first kappa shape index (κ1) is 9.40. The summed E-state index contributed by atoms with van der Waals surface area (Å²) in [5.74, 6) is 0. The van der Waals surface area contributed by atoms with Crippen molar-refractivity contribution in [2.45, 2.75) is 18.6 Å². The summed E-state index contributed by atoms with van der Waals surface area (Å²) in [4.78, 5) is 2.43. The zero-order chi connectivity index (χ0) is 9.10. The van der Waals surface area contributed by atoms with E-state index in [1.54, 1.807) is 0 Å². The molecule has 13 heavy (non-hydrogen) atoms. The summed E-state index contributed by atoms with van der Waals surface area (Å²) in [6, 6.07) is 0.665. The first-order valence-electron chi connectivity index (χ1n) is 5.07. The molecule has 2 heterocycles. The molecule has 0 amide bonds. The molecule has 2 atom stereocenters. The molecule has 4 nitrogen and oxygen atoms in total. The van der Waals surface area contributed by atoms with Crippen molar-refractivity contribution < 1.29 is 9.84 Å². The fourth-order valence-electron chi connectivity index (χ4n) is 2.14. The summed E-state index contributed by atoms with van der Waals surface area (Å²) in [6.07, 6.45) is 1.27. The summed E-state index contributed by atoms with van der Waals surface area (Å²) in [5, 5.41) is 12.3. The van der Waals surface area contributed by atoms with Crippen LogP contribution in [0.25, 0.3) is 0 Å². The lowest BCUT2D eigenvalue weighted by atomic mass is 10.2. The molecule has 0 unspecified atom stereocenters. The molecule has 0 aromatic rings. The van der Waals surface area contributed by atoms with Gasteiger partial charge in [-0.2, -0.15) is 0 Å². The third-order valence-corrected chi connectivity index (χ3v) is 2.92. The van der Waals surface area contributed by atoms with Gasteiger partial charge in [0.15, 0.2) is 0 Å². The van der Waals surface area contributed by atoms with E-state index in [4.69, 9.17) is 9.84 Å². The highest BCUT2D eigenvalue weighted by Gasteiger charge is 2.27. The molecule has 0 saturated carbocycles. The molecule has 2 rings (SSSR count). The SMILES string of the molecule is OC[C@H]1CN([C@@H]2CCNC2)CCO1. The number of rotatable bonds is 2. The van der Waals surface area contributed by atoms with Crippen molar-refractivity contribution in [1.29, 1.82) is 0 Å². The summed E-state index contributed by atoms with van der Waals surface area (Å²) in [5.41, 5.74) is 0. The molecule has 2 aliphatic rings. The Labute approximate surface area is 78.9 Å². The minimum Gasteiger partial charge on any atom is -0.394 e. The minimum absolute atomic E-state index is 0.0364. The Morgan fingerprint density at radius 2 is 2.46 bits per heavy atom. The monoisotopic (exact) mass is 186 g/mol. The van der Waals surface area contributed by atoms with Crippen molar-refractivity contribution in [2.24, 2.45) is 0 Å². The van der Waals surface area contributed by atoms with E-state index in [-0.39, 0.29) is 12.7 Å². The Kier molecular flexibility index (Phi) is 3.16. The van der Waals surface area contributed by atoms with Gasteiger partial charge in [0.2, 0.25) is 0 Å². The number of aliphatic hydroxyl groups excluding tert-OH is 1. The molecule has 2 saturated heterocycles. The molecule has 0 bridgehead atoms. The summed E-state index contributed by atoms with van der Waals surface area (Å²) >= 11 is 0. The maximum atomic E-state index is 8.98. The predicted octanol–water partition coefficient (Wildman–Crippen LogP) is -0.959. The highest BCUT2D eigenvalue weighted by atomic mass is 16.5. The number of hydrogen-bond acceptors (Lipinski definition) is 4. The van der Waals surface area contributed by atoms with Crippen LogP contribution in [0.3, 0.4) is 0 Å². The number of morpholine rings is 1. The van der Waals surface area contributed by atoms with Crippen molar-refractivity contribution in [1.82, 2.24) is 10.2 Å². The molecule has 76 valence electrons. The molecule has 0 radical (unpaired) electrons. The lowest BCUT2D eigenvalue weighted by Gasteiger charge is -2.35. The highest BCUT2D eigenvalue weighted by Crippen LogP contribution is 2.13. The zero-order valence-corrected chi connectivity index (χ0v) is 7.91. The quantitative estimate of drug-likeness (QED) is 0.583. The topological polar surface area (TPSA) is 44.7 Å². The lowest BCUT2D eigenvalue weighted by Crippen LogP contribution is -2.49. The van der Waals surface area contributed by atoms with E-state index in [0.29, 0.717) is 6.04 Å². The van der Waals surface area contributed by atoms with Gasteiger partial charge in [0, 0.05) is 25.7 Å². The fourth-order valence-corrected chi connectivity index (χ4v) is 2.14. The highest BCUT2D eigenvalue weighted by molar-refractivity contribution is 4.83. The average molecular weight is 186 g/mol. The largest absolute Gasteiger partial charge is 0.394 e. The van der Waals surface area contributed by atoms with Crippen LogP contribution in [-0.2, 0) is 4.74 Å². The number of aliphatic hydroxyl groups is 1. The zero-order valence-electron chi connectivity index (χ0n) is 7.91. The van der Waals surface area contributed by atoms with Gasteiger partial charge < -0.3 is 15.2 Å². The predicted molar refractivity (Wildman–Crippen MR) is 49.7 cm³/mol. The van der Waals surface area contributed by atoms with Gasteiger partial charge in [0.05, 0.1) is 19.3 Å². The van der Waals surface area contributed by atoms with E-state index in [1.807, 2.05) is 0 Å². The lowest BCUT2D eigenvalue weighted by molar-refractivity contribution is -0.0625. The van der Waals surface area contributed by atoms with Gasteiger partial charge in [-0.15, -0.1) is 0 Å². The molecule has 4 heteroatoms. The standard InChI is InChI=1S/C9H18N2O2/c12-7-9-6-11(3-4-13-9)8-1-2-10-5-8/h8-10,12H,1-7H2/t8-,9-/m1/s1. The van der Waals surface area contributed by atoms with Crippen molar-refractivity contribution in [3.63, 3.8) is 0 Å². The van der Waals surface area contributed by atoms with E-state index in [9.17, 15) is 0 Å². The van der Waals surface area contributed by atoms with Gasteiger partial charge in [0.1, 0.15) is 0 Å². The second-order valence-corrected chi connectivity index (χ2v) is 3.82. The van der Waals surface area contributed by atoms with E-state index in [2.05, 4.69) is 10.2 Å². The minimum atomic E-state index is 0.0364. The Morgan fingerprint density at radius 1 is 1.54 bits per heavy atom. The van der Waals surface area contributed by atoms with E-state index in [0.717, 1.165) is 32.8 Å². The van der Waals surface area contributed by atoms with Crippen LogP contribution >= 0.6 is 0 Å². The van der Waals surface area contributed by atoms with Gasteiger partial charge in [-0.05, 0) is 13.0 Å². The van der Waals surface area contributed by atoms with Crippen LogP contribution in [0.5, 0.6) is 0 Å². The van der Waals surface area contributed by atoms with Crippen LogP contribution in [-0.4, -0.2) is 61.5 Å². The smallest absolute Gasteiger partial charge is 0.0932 e. The molecular formula is C9H18N2O2. The molecular weight excluding hydrogens is 168 g/mol. The molecule has 2 N–H and O–H groups in total. The van der Waals surface area contributed by atoms with Crippen LogP contribution in [0, 0.1) is 0 Å². The van der Waals surface area contributed by atoms with Crippen molar-refractivity contribution in [2.75, 3.05) is 39.4 Å². The third-order valence-electron chi connectivity index (χ3n) is 2.92. The van der Waals surface area contributed by atoms with E-state index < -0.39 is 0 Å². The Bertz CT molecular complexity index is 160. The summed E-state index contributed by atoms with van der Waals surface area (Å²) in [6.45, 7) is 5.05. The van der Waals surface area contributed by atoms with Crippen molar-refractivity contribution in [3.8, 4) is 0 Å². The second kappa shape index (κ2) is 4.37. The van der Waals surface area contributed by atoms with Crippen molar-refractivity contribution in [3.05, 3.63) is 0 Å². The number of nitrogens with zero attached hydrogens (tertiary/aromatic N) is 1. The molecule has 0 aliphatic carbocycles. The molecule has 2 aliphatic heterocycles.